The maximum absolute atomic E-state index is 5.37. The summed E-state index contributed by atoms with van der Waals surface area (Å²) in [6.45, 7) is 3.01. The molecule has 1 atom stereocenters. The van der Waals surface area contributed by atoms with Crippen molar-refractivity contribution < 1.29 is 9.47 Å². The minimum atomic E-state index is 0.538. The zero-order valence-electron chi connectivity index (χ0n) is 11.7. The van der Waals surface area contributed by atoms with E-state index in [9.17, 15) is 0 Å². The lowest BCUT2D eigenvalue weighted by molar-refractivity contribution is 0.395. The number of ether oxygens (including phenoxy) is 2. The normalized spacial score (nSPS) is 12.2. The second kappa shape index (κ2) is 8.27. The molecule has 0 saturated heterocycles. The number of thioether (sulfide) groups is 1. The van der Waals surface area contributed by atoms with Crippen LogP contribution in [0.5, 0.6) is 11.5 Å². The van der Waals surface area contributed by atoms with Crippen LogP contribution < -0.4 is 14.8 Å². The van der Waals surface area contributed by atoms with E-state index >= 15 is 0 Å². The van der Waals surface area contributed by atoms with Crippen LogP contribution in [0.2, 0.25) is 0 Å². The third-order valence-corrected chi connectivity index (χ3v) is 3.67. The molecule has 3 nitrogen and oxygen atoms in total. The summed E-state index contributed by atoms with van der Waals surface area (Å²) in [6, 6.07) is 6.43. The van der Waals surface area contributed by atoms with E-state index in [1.807, 2.05) is 30.0 Å². The number of rotatable bonds is 8. The summed E-state index contributed by atoms with van der Waals surface area (Å²) in [5, 5.41) is 3.56. The summed E-state index contributed by atoms with van der Waals surface area (Å²) in [5.41, 5.74) is 1.14. The van der Waals surface area contributed by atoms with Crippen molar-refractivity contribution in [3.63, 3.8) is 0 Å². The van der Waals surface area contributed by atoms with Crippen LogP contribution in [-0.4, -0.2) is 32.3 Å². The second-order valence-electron chi connectivity index (χ2n) is 4.12. The van der Waals surface area contributed by atoms with Gasteiger partial charge in [-0.25, -0.2) is 0 Å². The van der Waals surface area contributed by atoms with Gasteiger partial charge in [0.2, 0.25) is 0 Å². The minimum absolute atomic E-state index is 0.538. The first-order valence-electron chi connectivity index (χ1n) is 6.18. The monoisotopic (exact) mass is 269 g/mol. The van der Waals surface area contributed by atoms with E-state index in [1.165, 1.54) is 0 Å². The van der Waals surface area contributed by atoms with Crippen LogP contribution in [-0.2, 0) is 6.54 Å². The maximum Gasteiger partial charge on any atom is 0.123 e. The lowest BCUT2D eigenvalue weighted by Crippen LogP contribution is -2.30. The first-order valence-corrected chi connectivity index (χ1v) is 7.57. The topological polar surface area (TPSA) is 30.5 Å². The molecule has 0 radical (unpaired) electrons. The van der Waals surface area contributed by atoms with Crippen LogP contribution in [0.1, 0.15) is 18.9 Å². The van der Waals surface area contributed by atoms with E-state index in [4.69, 9.17) is 9.47 Å². The average molecular weight is 269 g/mol. The Bertz CT molecular complexity index is 358. The van der Waals surface area contributed by atoms with E-state index < -0.39 is 0 Å². The molecular formula is C14H23NO2S. The molecule has 4 heteroatoms. The molecule has 0 aliphatic rings. The van der Waals surface area contributed by atoms with Gasteiger partial charge in [0.25, 0.3) is 0 Å². The molecule has 0 aliphatic carbocycles. The number of benzene rings is 1. The predicted molar refractivity (Wildman–Crippen MR) is 78.8 cm³/mol. The smallest absolute Gasteiger partial charge is 0.123 e. The molecule has 0 bridgehead atoms. The van der Waals surface area contributed by atoms with Gasteiger partial charge < -0.3 is 14.8 Å². The maximum atomic E-state index is 5.37. The molecule has 18 heavy (non-hydrogen) atoms. The number of methoxy groups -OCH3 is 2. The number of hydrogen-bond donors (Lipinski definition) is 1. The third-order valence-electron chi connectivity index (χ3n) is 2.93. The van der Waals surface area contributed by atoms with E-state index in [0.717, 1.165) is 35.8 Å². The summed E-state index contributed by atoms with van der Waals surface area (Å²) in [5.74, 6) is 2.90. The molecule has 0 aromatic heterocycles. The fraction of sp³-hybridized carbons (Fsp3) is 0.571. The fourth-order valence-electron chi connectivity index (χ4n) is 1.80. The average Bonchev–Trinajstić information content (AvgIpc) is 2.43. The minimum Gasteiger partial charge on any atom is -0.497 e. The fourth-order valence-corrected chi connectivity index (χ4v) is 2.55. The second-order valence-corrected chi connectivity index (χ2v) is 5.03. The van der Waals surface area contributed by atoms with Crippen LogP contribution in [0.15, 0.2) is 18.2 Å². The zero-order valence-corrected chi connectivity index (χ0v) is 12.5. The lowest BCUT2D eigenvalue weighted by Gasteiger charge is -2.17. The molecule has 1 unspecified atom stereocenters. The Morgan fingerprint density at radius 2 is 2.06 bits per heavy atom. The molecular weight excluding hydrogens is 246 g/mol. The largest absolute Gasteiger partial charge is 0.497 e. The van der Waals surface area contributed by atoms with Gasteiger partial charge in [0, 0.05) is 23.9 Å². The number of nitrogens with one attached hydrogen (secondary N) is 1. The molecule has 102 valence electrons. The highest BCUT2D eigenvalue weighted by Gasteiger charge is 2.08. The van der Waals surface area contributed by atoms with Gasteiger partial charge in [-0.3, -0.25) is 0 Å². The van der Waals surface area contributed by atoms with Gasteiger partial charge in [-0.05, 0) is 30.9 Å². The van der Waals surface area contributed by atoms with Crippen LogP contribution >= 0.6 is 11.8 Å². The van der Waals surface area contributed by atoms with Gasteiger partial charge in [0.15, 0.2) is 0 Å². The third kappa shape index (κ3) is 4.42. The highest BCUT2D eigenvalue weighted by molar-refractivity contribution is 7.98. The molecule has 0 fully saturated rings. The highest BCUT2D eigenvalue weighted by atomic mass is 32.2. The van der Waals surface area contributed by atoms with Crippen molar-refractivity contribution in [1.82, 2.24) is 5.32 Å². The first kappa shape index (κ1) is 15.2. The van der Waals surface area contributed by atoms with Gasteiger partial charge in [-0.1, -0.05) is 6.92 Å². The van der Waals surface area contributed by atoms with Crippen molar-refractivity contribution >= 4 is 11.8 Å². The van der Waals surface area contributed by atoms with Gasteiger partial charge in [-0.15, -0.1) is 0 Å². The Hall–Kier alpha value is -0.870. The van der Waals surface area contributed by atoms with Gasteiger partial charge >= 0.3 is 0 Å². The molecule has 0 spiro atoms. The number of hydrogen-bond acceptors (Lipinski definition) is 4. The molecule has 1 aromatic carbocycles. The summed E-state index contributed by atoms with van der Waals surface area (Å²) >= 11 is 1.87. The summed E-state index contributed by atoms with van der Waals surface area (Å²) in [7, 11) is 3.38. The van der Waals surface area contributed by atoms with E-state index in [1.54, 1.807) is 14.2 Å². The van der Waals surface area contributed by atoms with Crippen molar-refractivity contribution in [2.45, 2.75) is 25.9 Å². The lowest BCUT2D eigenvalue weighted by atomic mass is 10.1. The van der Waals surface area contributed by atoms with E-state index in [2.05, 4.69) is 18.5 Å². The zero-order chi connectivity index (χ0) is 13.4. The summed E-state index contributed by atoms with van der Waals surface area (Å²) in [6.07, 6.45) is 3.27. The quantitative estimate of drug-likeness (QED) is 0.786. The van der Waals surface area contributed by atoms with Gasteiger partial charge in [0.05, 0.1) is 14.2 Å². The Labute approximate surface area is 114 Å². The van der Waals surface area contributed by atoms with Crippen molar-refractivity contribution in [3.05, 3.63) is 23.8 Å². The van der Waals surface area contributed by atoms with E-state index in [0.29, 0.717) is 6.04 Å². The molecule has 1 aromatic rings. The standard InChI is InChI=1S/C14H23NO2S/c1-5-12(10-18-4)15-9-11-8-13(16-2)6-7-14(11)17-3/h6-8,12,15H,5,9-10H2,1-4H3. The first-order chi connectivity index (χ1) is 8.74. The summed E-state index contributed by atoms with van der Waals surface area (Å²) < 4.78 is 10.6. The molecule has 0 aliphatic heterocycles. The molecule has 0 saturated carbocycles. The van der Waals surface area contributed by atoms with Crippen LogP contribution in [0.25, 0.3) is 0 Å². The molecule has 0 heterocycles. The Morgan fingerprint density at radius 3 is 2.61 bits per heavy atom. The van der Waals surface area contributed by atoms with Crippen molar-refractivity contribution in [2.75, 3.05) is 26.2 Å². The van der Waals surface area contributed by atoms with Crippen LogP contribution in [0.3, 0.4) is 0 Å². The van der Waals surface area contributed by atoms with Crippen molar-refractivity contribution in [3.8, 4) is 11.5 Å². The predicted octanol–water partition coefficient (Wildman–Crippen LogP) is 2.94. The SMILES string of the molecule is CCC(CSC)NCc1cc(OC)ccc1OC. The Balaban J connectivity index is 2.69. The molecule has 1 N–H and O–H groups in total. The van der Waals surface area contributed by atoms with Crippen molar-refractivity contribution in [1.29, 1.82) is 0 Å². The van der Waals surface area contributed by atoms with Gasteiger partial charge in [-0.2, -0.15) is 11.8 Å². The Morgan fingerprint density at radius 1 is 1.28 bits per heavy atom. The van der Waals surface area contributed by atoms with E-state index in [-0.39, 0.29) is 0 Å². The van der Waals surface area contributed by atoms with Crippen LogP contribution in [0, 0.1) is 0 Å². The highest BCUT2D eigenvalue weighted by Crippen LogP contribution is 2.24. The Kier molecular flexibility index (Phi) is 6.98. The molecule has 0 amide bonds. The van der Waals surface area contributed by atoms with Crippen molar-refractivity contribution in [2.24, 2.45) is 0 Å². The van der Waals surface area contributed by atoms with Gasteiger partial charge in [0.1, 0.15) is 11.5 Å². The summed E-state index contributed by atoms with van der Waals surface area (Å²) in [4.78, 5) is 0. The van der Waals surface area contributed by atoms with Crippen LogP contribution in [0.4, 0.5) is 0 Å². The molecule has 1 rings (SSSR count).